The molecule has 5 rings (SSSR count). The second-order valence-electron chi connectivity index (χ2n) is 12.0. The summed E-state index contributed by atoms with van der Waals surface area (Å²) in [6.45, 7) is 6.27. The van der Waals surface area contributed by atoms with Crippen molar-refractivity contribution in [3.8, 4) is 34.1 Å². The van der Waals surface area contributed by atoms with Crippen molar-refractivity contribution in [3.63, 3.8) is 0 Å². The average molecular weight is 663 g/mol. The number of carboxylic acid groups (broad SMARTS) is 1. The molecular formula is C37H39FO8S. The minimum Gasteiger partial charge on any atom is -0.494 e. The van der Waals surface area contributed by atoms with Crippen LogP contribution in [0.5, 0.6) is 23.0 Å². The summed E-state index contributed by atoms with van der Waals surface area (Å²) < 4.78 is 62.4. The fourth-order valence-electron chi connectivity index (χ4n) is 5.76. The largest absolute Gasteiger partial charge is 0.494 e. The number of aryl methyl sites for hydroxylation is 2. The highest BCUT2D eigenvalue weighted by Crippen LogP contribution is 2.42. The number of ether oxygens (including phenoxy) is 4. The SMILES string of the molecule is Cc1cc(OCCCS(C)(=O)=O)cc(C)c1-c1cc(COc2ccc3c(c2)OC[C@H]3C(C)C(=O)O)c(F)cc1OCc1ccccc1. The van der Waals surface area contributed by atoms with E-state index < -0.39 is 27.5 Å². The molecule has 1 N–H and O–H groups in total. The van der Waals surface area contributed by atoms with Crippen LogP contribution in [0.2, 0.25) is 0 Å². The monoisotopic (exact) mass is 662 g/mol. The van der Waals surface area contributed by atoms with Gasteiger partial charge in [0.25, 0.3) is 0 Å². The van der Waals surface area contributed by atoms with Gasteiger partial charge in [-0.15, -0.1) is 0 Å². The highest BCUT2D eigenvalue weighted by atomic mass is 32.2. The number of fused-ring (bicyclic) bond motifs is 1. The lowest BCUT2D eigenvalue weighted by Crippen LogP contribution is -2.19. The molecule has 1 heterocycles. The topological polar surface area (TPSA) is 108 Å². The lowest BCUT2D eigenvalue weighted by atomic mass is 9.89. The molecule has 0 bridgehead atoms. The molecule has 10 heteroatoms. The first-order valence-corrected chi connectivity index (χ1v) is 17.5. The van der Waals surface area contributed by atoms with Crippen molar-refractivity contribution in [2.24, 2.45) is 5.92 Å². The van der Waals surface area contributed by atoms with Crippen molar-refractivity contribution < 1.29 is 41.7 Å². The minimum atomic E-state index is -3.07. The Morgan fingerprint density at radius 1 is 0.957 bits per heavy atom. The number of hydrogen-bond donors (Lipinski definition) is 1. The lowest BCUT2D eigenvalue weighted by molar-refractivity contribution is -0.142. The van der Waals surface area contributed by atoms with Crippen molar-refractivity contribution in [3.05, 3.63) is 106 Å². The van der Waals surface area contributed by atoms with Crippen LogP contribution in [0, 0.1) is 25.6 Å². The van der Waals surface area contributed by atoms with Crippen LogP contribution in [0.25, 0.3) is 11.1 Å². The number of benzene rings is 4. The summed E-state index contributed by atoms with van der Waals surface area (Å²) in [7, 11) is -3.07. The van der Waals surface area contributed by atoms with Gasteiger partial charge in [-0.05, 0) is 66.8 Å². The zero-order valence-electron chi connectivity index (χ0n) is 26.9. The molecule has 0 spiro atoms. The average Bonchev–Trinajstić information content (AvgIpc) is 3.44. The molecule has 4 aromatic carbocycles. The van der Waals surface area contributed by atoms with E-state index >= 15 is 4.39 Å². The zero-order chi connectivity index (χ0) is 33.7. The smallest absolute Gasteiger partial charge is 0.306 e. The van der Waals surface area contributed by atoms with E-state index in [0.717, 1.165) is 27.8 Å². The fraction of sp³-hybridized carbons (Fsp3) is 0.324. The van der Waals surface area contributed by atoms with Crippen molar-refractivity contribution in [1.82, 2.24) is 0 Å². The van der Waals surface area contributed by atoms with Crippen LogP contribution in [0.4, 0.5) is 4.39 Å². The highest BCUT2D eigenvalue weighted by Gasteiger charge is 2.33. The van der Waals surface area contributed by atoms with E-state index in [1.54, 1.807) is 25.1 Å². The molecule has 0 fully saturated rings. The molecular weight excluding hydrogens is 623 g/mol. The highest BCUT2D eigenvalue weighted by molar-refractivity contribution is 7.90. The molecule has 1 aliphatic rings. The normalized spacial score (nSPS) is 14.6. The maximum absolute atomic E-state index is 15.6. The number of rotatable bonds is 14. The molecule has 1 aliphatic heterocycles. The van der Waals surface area contributed by atoms with E-state index in [0.29, 0.717) is 40.5 Å². The van der Waals surface area contributed by atoms with Gasteiger partial charge >= 0.3 is 5.97 Å². The van der Waals surface area contributed by atoms with Gasteiger partial charge in [0.15, 0.2) is 0 Å². The first kappa shape index (κ1) is 33.8. The summed E-state index contributed by atoms with van der Waals surface area (Å²) in [6, 6.07) is 21.8. The molecule has 0 aromatic heterocycles. The minimum absolute atomic E-state index is 0.0501. The van der Waals surface area contributed by atoms with Crippen LogP contribution in [-0.4, -0.2) is 44.7 Å². The molecule has 1 unspecified atom stereocenters. The number of halogens is 1. The molecule has 0 aliphatic carbocycles. The summed E-state index contributed by atoms with van der Waals surface area (Å²) in [4.78, 5) is 11.5. The van der Waals surface area contributed by atoms with Gasteiger partial charge in [-0.25, -0.2) is 12.8 Å². The van der Waals surface area contributed by atoms with Crippen LogP contribution in [0.3, 0.4) is 0 Å². The van der Waals surface area contributed by atoms with E-state index in [1.807, 2.05) is 62.4 Å². The van der Waals surface area contributed by atoms with Crippen molar-refractivity contribution in [2.45, 2.75) is 46.3 Å². The van der Waals surface area contributed by atoms with Crippen LogP contribution < -0.4 is 18.9 Å². The molecule has 0 radical (unpaired) electrons. The summed E-state index contributed by atoms with van der Waals surface area (Å²) in [5.41, 5.74) is 5.40. The molecule has 0 amide bonds. The number of aliphatic carboxylic acids is 1. The quantitative estimate of drug-likeness (QED) is 0.140. The van der Waals surface area contributed by atoms with Gasteiger partial charge in [-0.2, -0.15) is 0 Å². The molecule has 47 heavy (non-hydrogen) atoms. The molecule has 4 aromatic rings. The van der Waals surface area contributed by atoms with E-state index in [2.05, 4.69) is 0 Å². The Hall–Kier alpha value is -4.57. The number of sulfone groups is 1. The van der Waals surface area contributed by atoms with Crippen LogP contribution in [0.15, 0.2) is 72.8 Å². The Labute approximate surface area is 275 Å². The van der Waals surface area contributed by atoms with Crippen LogP contribution >= 0.6 is 0 Å². The predicted molar refractivity (Wildman–Crippen MR) is 178 cm³/mol. The first-order valence-electron chi connectivity index (χ1n) is 15.4. The van der Waals surface area contributed by atoms with Crippen LogP contribution in [-0.2, 0) is 27.8 Å². The van der Waals surface area contributed by atoms with Crippen molar-refractivity contribution in [1.29, 1.82) is 0 Å². The van der Waals surface area contributed by atoms with Gasteiger partial charge < -0.3 is 24.1 Å². The van der Waals surface area contributed by atoms with Crippen LogP contribution in [0.1, 0.15) is 47.1 Å². The van der Waals surface area contributed by atoms with Gasteiger partial charge in [0, 0.05) is 41.0 Å². The maximum Gasteiger partial charge on any atom is 0.306 e. The maximum atomic E-state index is 15.6. The second-order valence-corrected chi connectivity index (χ2v) is 14.3. The Bertz CT molecular complexity index is 1830. The Balaban J connectivity index is 1.41. The first-order chi connectivity index (χ1) is 22.4. The molecule has 0 saturated heterocycles. The third kappa shape index (κ3) is 8.43. The Morgan fingerprint density at radius 3 is 2.36 bits per heavy atom. The Kier molecular flexibility index (Phi) is 10.4. The third-order valence-electron chi connectivity index (χ3n) is 8.28. The third-order valence-corrected chi connectivity index (χ3v) is 9.31. The van der Waals surface area contributed by atoms with E-state index in [-0.39, 0.29) is 38.1 Å². The van der Waals surface area contributed by atoms with Crippen molar-refractivity contribution >= 4 is 15.8 Å². The number of carbonyl (C=O) groups is 1. The number of carboxylic acids is 1. The molecule has 8 nitrogen and oxygen atoms in total. The van der Waals surface area contributed by atoms with Gasteiger partial charge in [0.2, 0.25) is 0 Å². The van der Waals surface area contributed by atoms with Gasteiger partial charge in [-0.3, -0.25) is 4.79 Å². The summed E-state index contributed by atoms with van der Waals surface area (Å²) in [5, 5.41) is 9.44. The van der Waals surface area contributed by atoms with Gasteiger partial charge in [0.1, 0.15) is 51.9 Å². The van der Waals surface area contributed by atoms with E-state index in [9.17, 15) is 18.3 Å². The second kappa shape index (κ2) is 14.5. The summed E-state index contributed by atoms with van der Waals surface area (Å²) >= 11 is 0. The Morgan fingerprint density at radius 2 is 1.68 bits per heavy atom. The lowest BCUT2D eigenvalue weighted by Gasteiger charge is -2.19. The van der Waals surface area contributed by atoms with E-state index in [1.165, 1.54) is 12.3 Å². The summed E-state index contributed by atoms with van der Waals surface area (Å²) in [6.07, 6.45) is 1.59. The van der Waals surface area contributed by atoms with Crippen molar-refractivity contribution in [2.75, 3.05) is 25.2 Å². The zero-order valence-corrected chi connectivity index (χ0v) is 27.7. The fourth-order valence-corrected chi connectivity index (χ4v) is 6.40. The molecule has 2 atom stereocenters. The summed E-state index contributed by atoms with van der Waals surface area (Å²) in [5.74, 6) is -0.118. The predicted octanol–water partition coefficient (Wildman–Crippen LogP) is 7.28. The number of hydrogen-bond acceptors (Lipinski definition) is 7. The van der Waals surface area contributed by atoms with Gasteiger partial charge in [0.05, 0.1) is 24.9 Å². The molecule has 0 saturated carbocycles. The standard InChI is InChI=1S/C37H39FO8S/c1-23-15-29(43-13-8-14-47(4,41)42)16-24(2)36(23)31-17-27(33(38)19-35(31)45-20-26-9-6-5-7-10-26)21-44-28-11-12-30-32(25(3)37(39)40)22-46-34(30)18-28/h5-7,9-12,15-19,25,32H,8,13-14,20-22H2,1-4H3,(H,39,40)/t25?,32-/m0/s1. The molecule has 248 valence electrons. The van der Waals surface area contributed by atoms with Gasteiger partial charge in [-0.1, -0.05) is 43.3 Å². The van der Waals surface area contributed by atoms with E-state index in [4.69, 9.17) is 18.9 Å².